The normalized spacial score (nSPS) is 24.1. The number of hydrogen-bond donors (Lipinski definition) is 0. The van der Waals surface area contributed by atoms with Crippen LogP contribution in [-0.4, -0.2) is 42.9 Å². The smallest absolute Gasteiger partial charge is 0.318 e. The van der Waals surface area contributed by atoms with Gasteiger partial charge < -0.3 is 14.4 Å². The van der Waals surface area contributed by atoms with Crippen LogP contribution in [0.1, 0.15) is 12.8 Å². The summed E-state index contributed by atoms with van der Waals surface area (Å²) in [6.45, 7) is 2.39. The van der Waals surface area contributed by atoms with Crippen LogP contribution in [0.4, 0.5) is 5.82 Å². The van der Waals surface area contributed by atoms with Crippen molar-refractivity contribution in [2.45, 2.75) is 18.9 Å². The fraction of sp³-hybridized carbons (Fsp3) is 0.667. The molecule has 0 radical (unpaired) electrons. The second kappa shape index (κ2) is 4.90. The Morgan fingerprint density at radius 3 is 3.06 bits per heavy atom. The lowest BCUT2D eigenvalue weighted by atomic mass is 10.2. The number of nitrogens with zero attached hydrogens (tertiary/aromatic N) is 3. The van der Waals surface area contributed by atoms with Gasteiger partial charge in [-0.15, -0.1) is 0 Å². The number of anilines is 1. The number of hydrogen-bond acceptors (Lipinski definition) is 5. The minimum absolute atomic E-state index is 0.316. The Hall–Kier alpha value is -1.07. The largest absolute Gasteiger partial charge is 0.467 e. The van der Waals surface area contributed by atoms with Gasteiger partial charge >= 0.3 is 6.01 Å². The molecule has 0 aromatic carbocycles. The van der Waals surface area contributed by atoms with Crippen LogP contribution in [0.15, 0.2) is 6.20 Å². The molecule has 1 aromatic rings. The van der Waals surface area contributed by atoms with E-state index in [-0.39, 0.29) is 0 Å². The first-order valence-electron chi connectivity index (χ1n) is 6.21. The predicted octanol–water partition coefficient (Wildman–Crippen LogP) is 1.75. The van der Waals surface area contributed by atoms with Crippen molar-refractivity contribution in [3.05, 3.63) is 11.2 Å². The maximum atomic E-state index is 6.17. The maximum Gasteiger partial charge on any atom is 0.318 e. The summed E-state index contributed by atoms with van der Waals surface area (Å²) >= 11 is 6.17. The van der Waals surface area contributed by atoms with Gasteiger partial charge in [0, 0.05) is 13.1 Å². The summed E-state index contributed by atoms with van der Waals surface area (Å²) < 4.78 is 10.8. The molecule has 6 heteroatoms. The lowest BCUT2D eigenvalue weighted by molar-refractivity contribution is 0.0261. The molecule has 1 aliphatic carbocycles. The third kappa shape index (κ3) is 2.37. The Bertz CT molecular complexity index is 439. The van der Waals surface area contributed by atoms with Crippen molar-refractivity contribution in [2.75, 3.05) is 31.7 Å². The Morgan fingerprint density at radius 2 is 2.33 bits per heavy atom. The van der Waals surface area contributed by atoms with Gasteiger partial charge in [-0.1, -0.05) is 11.6 Å². The highest BCUT2D eigenvalue weighted by Crippen LogP contribution is 2.37. The molecule has 1 unspecified atom stereocenters. The molecule has 5 nitrogen and oxygen atoms in total. The van der Waals surface area contributed by atoms with E-state index in [0.717, 1.165) is 31.4 Å². The van der Waals surface area contributed by atoms with Gasteiger partial charge in [0.2, 0.25) is 0 Å². The Morgan fingerprint density at radius 1 is 1.50 bits per heavy atom. The number of rotatable bonds is 3. The summed E-state index contributed by atoms with van der Waals surface area (Å²) in [7, 11) is 1.55. The molecule has 98 valence electrons. The van der Waals surface area contributed by atoms with Crippen LogP contribution in [0.5, 0.6) is 6.01 Å². The molecule has 1 aromatic heterocycles. The van der Waals surface area contributed by atoms with E-state index in [1.54, 1.807) is 13.3 Å². The van der Waals surface area contributed by atoms with Crippen molar-refractivity contribution in [1.82, 2.24) is 9.97 Å². The molecule has 1 atom stereocenters. The molecule has 3 rings (SSSR count). The van der Waals surface area contributed by atoms with E-state index < -0.39 is 0 Å². The molecule has 2 fully saturated rings. The Labute approximate surface area is 111 Å². The summed E-state index contributed by atoms with van der Waals surface area (Å²) in [6, 6.07) is 0.351. The van der Waals surface area contributed by atoms with Gasteiger partial charge in [0.05, 0.1) is 26.0 Å². The third-order valence-corrected chi connectivity index (χ3v) is 3.69. The van der Waals surface area contributed by atoms with E-state index in [2.05, 4.69) is 14.9 Å². The van der Waals surface area contributed by atoms with Crippen molar-refractivity contribution in [1.29, 1.82) is 0 Å². The summed E-state index contributed by atoms with van der Waals surface area (Å²) in [5.41, 5.74) is 0. The first kappa shape index (κ1) is 12.0. The summed E-state index contributed by atoms with van der Waals surface area (Å²) in [5.74, 6) is 1.47. The zero-order valence-electron chi connectivity index (χ0n) is 10.3. The van der Waals surface area contributed by atoms with Crippen LogP contribution in [0, 0.1) is 5.92 Å². The fourth-order valence-electron chi connectivity index (χ4n) is 2.28. The number of halogens is 1. The van der Waals surface area contributed by atoms with E-state index in [1.165, 1.54) is 12.8 Å². The van der Waals surface area contributed by atoms with E-state index in [9.17, 15) is 0 Å². The van der Waals surface area contributed by atoms with E-state index in [1.807, 2.05) is 0 Å². The molecule has 18 heavy (non-hydrogen) atoms. The van der Waals surface area contributed by atoms with Crippen LogP contribution < -0.4 is 9.64 Å². The minimum Gasteiger partial charge on any atom is -0.467 e. The van der Waals surface area contributed by atoms with Gasteiger partial charge in [-0.3, -0.25) is 0 Å². The van der Waals surface area contributed by atoms with E-state index in [4.69, 9.17) is 21.1 Å². The second-order valence-corrected chi connectivity index (χ2v) is 5.13. The number of methoxy groups -OCH3 is 1. The molecule has 1 saturated heterocycles. The molecule has 1 aliphatic heterocycles. The maximum absolute atomic E-state index is 6.17. The molecule has 0 spiro atoms. The highest BCUT2D eigenvalue weighted by Gasteiger charge is 2.36. The quantitative estimate of drug-likeness (QED) is 0.837. The number of morpholine rings is 1. The van der Waals surface area contributed by atoms with Gasteiger partial charge in [-0.2, -0.15) is 4.98 Å². The van der Waals surface area contributed by atoms with Gasteiger partial charge in [-0.25, -0.2) is 4.98 Å². The predicted molar refractivity (Wildman–Crippen MR) is 68.3 cm³/mol. The first-order chi connectivity index (χ1) is 8.78. The van der Waals surface area contributed by atoms with Crippen LogP contribution >= 0.6 is 11.6 Å². The zero-order chi connectivity index (χ0) is 12.5. The topological polar surface area (TPSA) is 47.5 Å². The van der Waals surface area contributed by atoms with Crippen molar-refractivity contribution in [3.8, 4) is 6.01 Å². The van der Waals surface area contributed by atoms with E-state index >= 15 is 0 Å². The molecule has 0 bridgehead atoms. The molecule has 1 saturated carbocycles. The molecule has 2 aliphatic rings. The fourth-order valence-corrected chi connectivity index (χ4v) is 2.49. The van der Waals surface area contributed by atoms with Gasteiger partial charge in [-0.05, 0) is 18.8 Å². The monoisotopic (exact) mass is 269 g/mol. The summed E-state index contributed by atoms with van der Waals surface area (Å²) in [4.78, 5) is 10.5. The lowest BCUT2D eigenvalue weighted by Gasteiger charge is -2.34. The third-order valence-electron chi connectivity index (χ3n) is 3.43. The second-order valence-electron chi connectivity index (χ2n) is 4.72. The van der Waals surface area contributed by atoms with Gasteiger partial charge in [0.25, 0.3) is 0 Å². The zero-order valence-corrected chi connectivity index (χ0v) is 11.1. The Kier molecular flexibility index (Phi) is 3.26. The van der Waals surface area contributed by atoms with Crippen LogP contribution in [0.2, 0.25) is 5.02 Å². The van der Waals surface area contributed by atoms with Crippen LogP contribution in [0.3, 0.4) is 0 Å². The molecule has 2 heterocycles. The van der Waals surface area contributed by atoms with Crippen molar-refractivity contribution >= 4 is 17.4 Å². The summed E-state index contributed by atoms with van der Waals surface area (Å²) in [6.07, 6.45) is 4.46. The van der Waals surface area contributed by atoms with E-state index in [0.29, 0.717) is 17.1 Å². The molecular formula is C12H16ClN3O2. The standard InChI is InChI=1S/C12H16ClN3O2/c1-17-12-14-6-9(13)11(15-12)16-4-5-18-10(7-16)8-2-3-8/h6,8,10H,2-5,7H2,1H3. The molecular weight excluding hydrogens is 254 g/mol. The first-order valence-corrected chi connectivity index (χ1v) is 6.59. The van der Waals surface area contributed by atoms with Crippen LogP contribution in [0.25, 0.3) is 0 Å². The number of aromatic nitrogens is 2. The van der Waals surface area contributed by atoms with Crippen molar-refractivity contribution < 1.29 is 9.47 Å². The lowest BCUT2D eigenvalue weighted by Crippen LogP contribution is -2.44. The average Bonchev–Trinajstić information content (AvgIpc) is 3.24. The highest BCUT2D eigenvalue weighted by molar-refractivity contribution is 6.32. The average molecular weight is 270 g/mol. The highest BCUT2D eigenvalue weighted by atomic mass is 35.5. The van der Waals surface area contributed by atoms with Crippen molar-refractivity contribution in [3.63, 3.8) is 0 Å². The molecule has 0 amide bonds. The Balaban J connectivity index is 1.79. The van der Waals surface area contributed by atoms with Gasteiger partial charge in [0.1, 0.15) is 5.02 Å². The van der Waals surface area contributed by atoms with Gasteiger partial charge in [0.15, 0.2) is 5.82 Å². The number of ether oxygens (including phenoxy) is 2. The van der Waals surface area contributed by atoms with Crippen molar-refractivity contribution in [2.24, 2.45) is 5.92 Å². The SMILES string of the molecule is COc1ncc(Cl)c(N2CCOC(C3CC3)C2)n1. The van der Waals surface area contributed by atoms with Crippen LogP contribution in [-0.2, 0) is 4.74 Å². The molecule has 0 N–H and O–H groups in total. The minimum atomic E-state index is 0.316. The summed E-state index contributed by atoms with van der Waals surface area (Å²) in [5, 5.41) is 0.562.